The van der Waals surface area contributed by atoms with E-state index in [2.05, 4.69) is 13.8 Å². The van der Waals surface area contributed by atoms with Crippen LogP contribution in [0.4, 0.5) is 0 Å². The van der Waals surface area contributed by atoms with Crippen molar-refractivity contribution in [2.45, 2.75) is 174 Å². The molecule has 3 rings (SSSR count). The van der Waals surface area contributed by atoms with Crippen LogP contribution in [0.25, 0.3) is 0 Å². The Morgan fingerprint density at radius 1 is 0.643 bits per heavy atom. The number of halogens is 1. The Balaban J connectivity index is 0.00000882. The van der Waals surface area contributed by atoms with E-state index in [-0.39, 0.29) is 23.0 Å². The number of hydrogen-bond acceptors (Lipinski definition) is 3. The molecule has 0 aromatic heterocycles. The van der Waals surface area contributed by atoms with E-state index in [4.69, 9.17) is 9.47 Å². The molecule has 0 aromatic carbocycles. The van der Waals surface area contributed by atoms with Gasteiger partial charge >= 0.3 is 5.97 Å². The summed E-state index contributed by atoms with van der Waals surface area (Å²) in [6.07, 6.45) is 32.7. The summed E-state index contributed by atoms with van der Waals surface area (Å²) in [5.41, 5.74) is 0. The van der Waals surface area contributed by atoms with Gasteiger partial charge in [-0.3, -0.25) is 4.79 Å². The van der Waals surface area contributed by atoms with Gasteiger partial charge in [0.05, 0.1) is 39.4 Å². The van der Waals surface area contributed by atoms with E-state index in [9.17, 15) is 4.79 Å². The standard InChI is InChI=1S/C37H72NO3.BrH/c1-3-5-6-7-8-9-10-11-12-13-14-15-19-22-32-40-33-36(23-4-2)34-41-37(39)24-20-17-16-18-21-28-38-29-25-35(26-30-38)27-31-38;/h35-36H,3-34H2,1-2H3;1H/q+1;/p-1. The number of piperidine rings is 3. The Morgan fingerprint density at radius 2 is 1.14 bits per heavy atom. The Bertz CT molecular complexity index is 594. The third-order valence-corrected chi connectivity index (χ3v) is 10.2. The highest BCUT2D eigenvalue weighted by Gasteiger charge is 2.38. The van der Waals surface area contributed by atoms with Gasteiger partial charge in [-0.2, -0.15) is 0 Å². The molecule has 0 saturated carbocycles. The molecule has 0 radical (unpaired) electrons. The number of hydrogen-bond donors (Lipinski definition) is 0. The number of esters is 1. The maximum absolute atomic E-state index is 12.3. The summed E-state index contributed by atoms with van der Waals surface area (Å²) in [7, 11) is 0. The lowest BCUT2D eigenvalue weighted by atomic mass is 9.85. The van der Waals surface area contributed by atoms with E-state index in [1.54, 1.807) is 0 Å². The highest BCUT2D eigenvalue weighted by atomic mass is 79.9. The summed E-state index contributed by atoms with van der Waals surface area (Å²) in [5.74, 6) is 1.40. The number of rotatable bonds is 29. The second-order valence-corrected chi connectivity index (χ2v) is 14.0. The lowest BCUT2D eigenvalue weighted by Crippen LogP contribution is -3.00. The minimum atomic E-state index is -0.00685. The summed E-state index contributed by atoms with van der Waals surface area (Å²) < 4.78 is 13.1. The lowest BCUT2D eigenvalue weighted by Gasteiger charge is -2.49. The molecule has 3 aliphatic heterocycles. The molecule has 42 heavy (non-hydrogen) atoms. The van der Waals surface area contributed by atoms with E-state index in [1.165, 1.54) is 153 Å². The van der Waals surface area contributed by atoms with Crippen molar-refractivity contribution in [2.75, 3.05) is 46.0 Å². The molecule has 4 nitrogen and oxygen atoms in total. The van der Waals surface area contributed by atoms with Crippen LogP contribution in [0.5, 0.6) is 0 Å². The number of carbonyl (C=O) groups excluding carboxylic acids is 1. The van der Waals surface area contributed by atoms with Crippen LogP contribution in [0.3, 0.4) is 0 Å². The number of quaternary nitrogens is 1. The van der Waals surface area contributed by atoms with Gasteiger partial charge in [0.15, 0.2) is 0 Å². The van der Waals surface area contributed by atoms with Gasteiger partial charge in [-0.05, 0) is 57.3 Å². The summed E-state index contributed by atoms with van der Waals surface area (Å²) in [6, 6.07) is 0. The fourth-order valence-electron chi connectivity index (χ4n) is 7.27. The van der Waals surface area contributed by atoms with Gasteiger partial charge in [0, 0.05) is 18.9 Å². The lowest BCUT2D eigenvalue weighted by molar-refractivity contribution is -0.942. The first-order chi connectivity index (χ1) is 20.2. The smallest absolute Gasteiger partial charge is 0.305 e. The Labute approximate surface area is 273 Å². The van der Waals surface area contributed by atoms with Gasteiger partial charge in [-0.25, -0.2) is 0 Å². The Kier molecular flexibility index (Phi) is 25.8. The van der Waals surface area contributed by atoms with Crippen molar-refractivity contribution in [2.24, 2.45) is 11.8 Å². The third-order valence-electron chi connectivity index (χ3n) is 10.2. The van der Waals surface area contributed by atoms with Crippen LogP contribution in [-0.2, 0) is 14.3 Å². The quantitative estimate of drug-likeness (QED) is 0.0477. The van der Waals surface area contributed by atoms with Crippen LogP contribution in [-0.4, -0.2) is 56.5 Å². The molecule has 0 aliphatic carbocycles. The first kappa shape index (κ1) is 39.9. The van der Waals surface area contributed by atoms with Gasteiger partial charge in [-0.1, -0.05) is 117 Å². The molecular weight excluding hydrogens is 586 g/mol. The molecule has 0 spiro atoms. The Hall–Kier alpha value is -0.130. The molecule has 2 bridgehead atoms. The minimum Gasteiger partial charge on any atom is -1.00 e. The summed E-state index contributed by atoms with van der Waals surface area (Å²) in [5, 5.41) is 0. The molecule has 0 amide bonds. The number of unbranched alkanes of at least 4 members (excludes halogenated alkanes) is 17. The molecule has 0 N–H and O–H groups in total. The van der Waals surface area contributed by atoms with Crippen molar-refractivity contribution in [1.29, 1.82) is 0 Å². The maximum Gasteiger partial charge on any atom is 0.305 e. The zero-order valence-corrected chi connectivity index (χ0v) is 29.9. The van der Waals surface area contributed by atoms with Crippen LogP contribution >= 0.6 is 0 Å². The van der Waals surface area contributed by atoms with Crippen molar-refractivity contribution < 1.29 is 35.7 Å². The number of carbonyl (C=O) groups is 1. The Morgan fingerprint density at radius 3 is 1.69 bits per heavy atom. The molecule has 1 unspecified atom stereocenters. The maximum atomic E-state index is 12.3. The van der Waals surface area contributed by atoms with Crippen molar-refractivity contribution >= 4 is 5.97 Å². The van der Waals surface area contributed by atoms with Crippen LogP contribution in [0.15, 0.2) is 0 Å². The zero-order chi connectivity index (χ0) is 29.3. The second kappa shape index (κ2) is 27.2. The first-order valence-corrected chi connectivity index (χ1v) is 18.8. The van der Waals surface area contributed by atoms with E-state index in [0.29, 0.717) is 18.9 Å². The van der Waals surface area contributed by atoms with Crippen molar-refractivity contribution in [3.05, 3.63) is 0 Å². The average molecular weight is 659 g/mol. The predicted octanol–water partition coefficient (Wildman–Crippen LogP) is 7.42. The molecular formula is C37H72BrNO3. The molecule has 3 aliphatic rings. The average Bonchev–Trinajstić information content (AvgIpc) is 3.00. The molecule has 250 valence electrons. The van der Waals surface area contributed by atoms with Gasteiger partial charge < -0.3 is 30.9 Å². The van der Waals surface area contributed by atoms with E-state index in [1.807, 2.05) is 0 Å². The van der Waals surface area contributed by atoms with Gasteiger partial charge in [0.1, 0.15) is 0 Å². The predicted molar refractivity (Wildman–Crippen MR) is 175 cm³/mol. The van der Waals surface area contributed by atoms with E-state index in [0.717, 1.165) is 51.2 Å². The van der Waals surface area contributed by atoms with Gasteiger partial charge in [0.2, 0.25) is 0 Å². The number of nitrogens with zero attached hydrogens (tertiary/aromatic N) is 1. The van der Waals surface area contributed by atoms with Crippen molar-refractivity contribution in [3.8, 4) is 0 Å². The topological polar surface area (TPSA) is 35.5 Å². The zero-order valence-electron chi connectivity index (χ0n) is 28.3. The second-order valence-electron chi connectivity index (χ2n) is 14.0. The molecule has 3 fully saturated rings. The fraction of sp³-hybridized carbons (Fsp3) is 0.973. The highest BCUT2D eigenvalue weighted by molar-refractivity contribution is 5.69. The van der Waals surface area contributed by atoms with Crippen LogP contribution in [0.1, 0.15) is 174 Å². The summed E-state index contributed by atoms with van der Waals surface area (Å²) in [6.45, 7) is 12.4. The largest absolute Gasteiger partial charge is 1.00 e. The van der Waals surface area contributed by atoms with Crippen molar-refractivity contribution in [3.63, 3.8) is 0 Å². The molecule has 3 heterocycles. The SMILES string of the molecule is CCCCCCCCCCCCCCCCOCC(CCC)COC(=O)CCCCCCC[N+]12CCC(CC1)CC2.[Br-]. The van der Waals surface area contributed by atoms with Gasteiger partial charge in [-0.15, -0.1) is 0 Å². The highest BCUT2D eigenvalue weighted by Crippen LogP contribution is 2.33. The van der Waals surface area contributed by atoms with E-state index < -0.39 is 0 Å². The number of fused-ring (bicyclic) bond motifs is 3. The normalized spacial score (nSPS) is 20.4. The van der Waals surface area contributed by atoms with Crippen LogP contribution < -0.4 is 17.0 Å². The molecule has 3 saturated heterocycles. The third kappa shape index (κ3) is 20.0. The summed E-state index contributed by atoms with van der Waals surface area (Å²) >= 11 is 0. The monoisotopic (exact) mass is 657 g/mol. The van der Waals surface area contributed by atoms with Crippen molar-refractivity contribution in [1.82, 2.24) is 0 Å². The molecule has 1 atom stereocenters. The van der Waals surface area contributed by atoms with E-state index >= 15 is 0 Å². The molecule has 0 aromatic rings. The minimum absolute atomic E-state index is 0. The molecule has 5 heteroatoms. The summed E-state index contributed by atoms with van der Waals surface area (Å²) in [4.78, 5) is 12.3. The van der Waals surface area contributed by atoms with Crippen LogP contribution in [0, 0.1) is 11.8 Å². The van der Waals surface area contributed by atoms with Gasteiger partial charge in [0.25, 0.3) is 0 Å². The number of ether oxygens (including phenoxy) is 2. The first-order valence-electron chi connectivity index (χ1n) is 18.8. The fourth-order valence-corrected chi connectivity index (χ4v) is 7.27. The van der Waals surface area contributed by atoms with Crippen LogP contribution in [0.2, 0.25) is 0 Å².